The molecule has 1 saturated heterocycles. The minimum absolute atomic E-state index is 0.102. The summed E-state index contributed by atoms with van der Waals surface area (Å²) in [4.78, 5) is 56.6. The van der Waals surface area contributed by atoms with Gasteiger partial charge in [-0.15, -0.1) is 0 Å². The molecule has 0 radical (unpaired) electrons. The minimum atomic E-state index is -1.17. The molecule has 0 aromatic heterocycles. The van der Waals surface area contributed by atoms with E-state index >= 15 is 0 Å². The maximum atomic E-state index is 13.3. The van der Waals surface area contributed by atoms with E-state index in [1.165, 1.54) is 17.0 Å². The lowest BCUT2D eigenvalue weighted by molar-refractivity contribution is -0.144. The van der Waals surface area contributed by atoms with Crippen molar-refractivity contribution in [2.24, 2.45) is 28.1 Å². The van der Waals surface area contributed by atoms with Crippen LogP contribution in [0.4, 0.5) is 0 Å². The molecule has 2 rings (SSSR count). The van der Waals surface area contributed by atoms with Gasteiger partial charge in [-0.1, -0.05) is 32.4 Å². The van der Waals surface area contributed by atoms with Gasteiger partial charge in [-0.2, -0.15) is 0 Å². The van der Waals surface area contributed by atoms with Crippen molar-refractivity contribution in [2.45, 2.75) is 76.5 Å². The molecule has 1 aliphatic heterocycles. The zero-order chi connectivity index (χ0) is 29.1. The number of benzene rings is 1. The maximum Gasteiger partial charge on any atom is 0.326 e. The summed E-state index contributed by atoms with van der Waals surface area (Å²) in [5.74, 6) is -3.05. The molecule has 10 N–H and O–H groups in total. The molecule has 0 bridgehead atoms. The van der Waals surface area contributed by atoms with Gasteiger partial charge in [0.2, 0.25) is 17.7 Å². The highest BCUT2D eigenvalue weighted by atomic mass is 16.4. The highest BCUT2D eigenvalue weighted by Crippen LogP contribution is 2.20. The monoisotopic (exact) mass is 547 g/mol. The first kappa shape index (κ1) is 31.3. The van der Waals surface area contributed by atoms with Crippen molar-refractivity contribution in [1.82, 2.24) is 15.5 Å². The minimum Gasteiger partial charge on any atom is -0.508 e. The Morgan fingerprint density at radius 2 is 1.82 bits per heavy atom. The van der Waals surface area contributed by atoms with Crippen molar-refractivity contribution < 1.29 is 29.4 Å². The van der Waals surface area contributed by atoms with E-state index in [1.54, 1.807) is 19.1 Å². The number of nitrogens with zero attached hydrogens (tertiary/aromatic N) is 2. The molecule has 1 fully saturated rings. The summed E-state index contributed by atoms with van der Waals surface area (Å²) in [6.07, 6.45) is 2.25. The van der Waals surface area contributed by atoms with Gasteiger partial charge in [0.1, 0.15) is 23.9 Å². The zero-order valence-electron chi connectivity index (χ0n) is 22.5. The summed E-state index contributed by atoms with van der Waals surface area (Å²) in [6.45, 7) is 4.10. The van der Waals surface area contributed by atoms with Crippen molar-refractivity contribution in [2.75, 3.05) is 13.1 Å². The van der Waals surface area contributed by atoms with Gasteiger partial charge in [-0.3, -0.25) is 19.4 Å². The Hall–Kier alpha value is -3.87. The molecule has 1 aliphatic rings. The first-order chi connectivity index (χ1) is 18.4. The predicted octanol–water partition coefficient (Wildman–Crippen LogP) is -0.593. The molecule has 0 spiro atoms. The summed E-state index contributed by atoms with van der Waals surface area (Å²) in [6, 6.07) is 2.47. The van der Waals surface area contributed by atoms with Crippen LogP contribution in [-0.4, -0.2) is 82.0 Å². The average Bonchev–Trinajstić information content (AvgIpc) is 3.39. The Morgan fingerprint density at radius 1 is 1.15 bits per heavy atom. The van der Waals surface area contributed by atoms with E-state index in [0.717, 1.165) is 5.56 Å². The smallest absolute Gasteiger partial charge is 0.326 e. The fourth-order valence-electron chi connectivity index (χ4n) is 4.47. The summed E-state index contributed by atoms with van der Waals surface area (Å²) in [7, 11) is 0. The van der Waals surface area contributed by atoms with Crippen molar-refractivity contribution >= 4 is 29.7 Å². The molecule has 39 heavy (non-hydrogen) atoms. The van der Waals surface area contributed by atoms with E-state index in [9.17, 15) is 29.4 Å². The standard InChI is InChI=1S/C26H41N7O6/c1-3-15(2)21(25(38)39)32-22(35)19(6-4-12-30-26(28)29)31-23(36)20-7-5-13-33(20)24(37)18(27)14-16-8-10-17(34)11-9-16/h8-11,15,18-21,34H,3-7,12-14,27H2,1-2H3,(H,31,36)(H,32,35)(H,38,39)(H4,28,29,30). The first-order valence-electron chi connectivity index (χ1n) is 13.2. The van der Waals surface area contributed by atoms with Gasteiger partial charge in [0.25, 0.3) is 0 Å². The summed E-state index contributed by atoms with van der Waals surface area (Å²) in [5, 5.41) is 24.3. The fourth-order valence-corrected chi connectivity index (χ4v) is 4.47. The number of carbonyl (C=O) groups is 4. The van der Waals surface area contributed by atoms with Gasteiger partial charge in [-0.25, -0.2) is 4.79 Å². The third-order valence-electron chi connectivity index (χ3n) is 6.90. The largest absolute Gasteiger partial charge is 0.508 e. The molecule has 3 amide bonds. The van der Waals surface area contributed by atoms with E-state index in [0.29, 0.717) is 32.2 Å². The summed E-state index contributed by atoms with van der Waals surface area (Å²) in [5.41, 5.74) is 17.7. The lowest BCUT2D eigenvalue weighted by Crippen LogP contribution is -2.57. The van der Waals surface area contributed by atoms with Crippen LogP contribution in [0.15, 0.2) is 29.3 Å². The number of hydrogen-bond donors (Lipinski definition) is 7. The normalized spacial score (nSPS) is 17.9. The van der Waals surface area contributed by atoms with Crippen LogP contribution >= 0.6 is 0 Å². The summed E-state index contributed by atoms with van der Waals surface area (Å²) < 4.78 is 0. The van der Waals surface area contributed by atoms with E-state index < -0.39 is 47.9 Å². The van der Waals surface area contributed by atoms with Crippen molar-refractivity contribution in [3.63, 3.8) is 0 Å². The third kappa shape index (κ3) is 9.43. The lowest BCUT2D eigenvalue weighted by Gasteiger charge is -2.29. The number of hydrogen-bond acceptors (Lipinski definition) is 7. The Kier molecular flexibility index (Phi) is 12.0. The number of aliphatic imine (C=N–C) groups is 1. The Morgan fingerprint density at radius 3 is 2.41 bits per heavy atom. The molecule has 5 atom stereocenters. The molecular weight excluding hydrogens is 506 g/mol. The van der Waals surface area contributed by atoms with Crippen LogP contribution in [0.1, 0.15) is 51.5 Å². The van der Waals surface area contributed by atoms with Crippen LogP contribution in [-0.2, 0) is 25.6 Å². The van der Waals surface area contributed by atoms with Crippen LogP contribution in [0.25, 0.3) is 0 Å². The number of likely N-dealkylation sites (tertiary alicyclic amines) is 1. The number of phenolic OH excluding ortho intramolecular Hbond substituents is 1. The predicted molar refractivity (Wildman–Crippen MR) is 145 cm³/mol. The number of carbonyl (C=O) groups excluding carboxylic acids is 3. The molecular formula is C26H41N7O6. The van der Waals surface area contributed by atoms with Crippen LogP contribution in [0.5, 0.6) is 5.75 Å². The van der Waals surface area contributed by atoms with Gasteiger partial charge >= 0.3 is 5.97 Å². The van der Waals surface area contributed by atoms with E-state index in [-0.39, 0.29) is 37.0 Å². The van der Waals surface area contributed by atoms with Crippen LogP contribution in [0, 0.1) is 5.92 Å². The third-order valence-corrected chi connectivity index (χ3v) is 6.90. The Bertz CT molecular complexity index is 1030. The highest BCUT2D eigenvalue weighted by Gasteiger charge is 2.38. The molecule has 13 heteroatoms. The molecule has 1 heterocycles. The quantitative estimate of drug-likeness (QED) is 0.0895. The first-order valence-corrected chi connectivity index (χ1v) is 13.2. The number of amides is 3. The molecule has 13 nitrogen and oxygen atoms in total. The van der Waals surface area contributed by atoms with E-state index in [4.69, 9.17) is 17.2 Å². The van der Waals surface area contributed by atoms with Gasteiger partial charge in [0.05, 0.1) is 6.04 Å². The second-order valence-corrected chi connectivity index (χ2v) is 9.89. The van der Waals surface area contributed by atoms with Crippen LogP contribution in [0.2, 0.25) is 0 Å². The number of carboxylic acid groups (broad SMARTS) is 1. The number of nitrogens with one attached hydrogen (secondary N) is 2. The molecule has 5 unspecified atom stereocenters. The van der Waals surface area contributed by atoms with Crippen LogP contribution < -0.4 is 27.8 Å². The van der Waals surface area contributed by atoms with Gasteiger partial charge < -0.3 is 42.9 Å². The Balaban J connectivity index is 2.12. The van der Waals surface area contributed by atoms with Crippen molar-refractivity contribution in [3.8, 4) is 5.75 Å². The number of nitrogens with two attached hydrogens (primary N) is 3. The SMILES string of the molecule is CCC(C)C(NC(=O)C(CCCN=C(N)N)NC(=O)C1CCCN1C(=O)C(N)Cc1ccc(O)cc1)C(=O)O. The van der Waals surface area contributed by atoms with Crippen molar-refractivity contribution in [1.29, 1.82) is 0 Å². The number of guanidine groups is 1. The molecule has 216 valence electrons. The average molecular weight is 548 g/mol. The second kappa shape index (κ2) is 14.9. The number of carboxylic acids is 1. The molecule has 0 saturated carbocycles. The van der Waals surface area contributed by atoms with Crippen LogP contribution in [0.3, 0.4) is 0 Å². The second-order valence-electron chi connectivity index (χ2n) is 9.89. The molecule has 1 aromatic carbocycles. The van der Waals surface area contributed by atoms with Gasteiger partial charge in [0, 0.05) is 13.1 Å². The molecule has 1 aromatic rings. The Labute approximate surface area is 228 Å². The molecule has 0 aliphatic carbocycles. The van der Waals surface area contributed by atoms with E-state index in [2.05, 4.69) is 15.6 Å². The van der Waals surface area contributed by atoms with E-state index in [1.807, 2.05) is 6.92 Å². The fraction of sp³-hybridized carbons (Fsp3) is 0.577. The van der Waals surface area contributed by atoms with Gasteiger partial charge in [0.15, 0.2) is 5.96 Å². The zero-order valence-corrected chi connectivity index (χ0v) is 22.5. The number of phenols is 1. The lowest BCUT2D eigenvalue weighted by atomic mass is 9.98. The maximum absolute atomic E-state index is 13.3. The highest BCUT2D eigenvalue weighted by molar-refractivity contribution is 5.94. The van der Waals surface area contributed by atoms with Crippen molar-refractivity contribution in [3.05, 3.63) is 29.8 Å². The number of aromatic hydroxyl groups is 1. The number of aliphatic carboxylic acids is 1. The topological polar surface area (TPSA) is 226 Å². The van der Waals surface area contributed by atoms with Gasteiger partial charge in [-0.05, 0) is 55.7 Å². The number of rotatable bonds is 14. The summed E-state index contributed by atoms with van der Waals surface area (Å²) >= 11 is 0.